The van der Waals surface area contributed by atoms with Crippen molar-refractivity contribution in [1.29, 1.82) is 0 Å². The molecule has 19 heavy (non-hydrogen) atoms. The number of rotatable bonds is 2. The fourth-order valence-electron chi connectivity index (χ4n) is 2.14. The summed E-state index contributed by atoms with van der Waals surface area (Å²) in [5.74, 6) is -1.75. The highest BCUT2D eigenvalue weighted by atomic mass is 35.5. The molecule has 1 heterocycles. The van der Waals surface area contributed by atoms with E-state index >= 15 is 0 Å². The summed E-state index contributed by atoms with van der Waals surface area (Å²) in [7, 11) is 1.31. The van der Waals surface area contributed by atoms with Crippen LogP contribution in [0.25, 0.3) is 0 Å². The van der Waals surface area contributed by atoms with Crippen LogP contribution in [0.5, 0.6) is 0 Å². The van der Waals surface area contributed by atoms with Crippen LogP contribution in [0.1, 0.15) is 16.8 Å². The molecule has 1 amide bonds. The minimum absolute atomic E-state index is 0.0325. The highest BCUT2D eigenvalue weighted by Gasteiger charge is 2.32. The second kappa shape index (κ2) is 5.57. The summed E-state index contributed by atoms with van der Waals surface area (Å²) < 4.78 is 18.3. The molecule has 1 fully saturated rings. The van der Waals surface area contributed by atoms with Crippen LogP contribution < -0.4 is 0 Å². The van der Waals surface area contributed by atoms with Gasteiger partial charge < -0.3 is 9.64 Å². The summed E-state index contributed by atoms with van der Waals surface area (Å²) >= 11 is 5.64. The van der Waals surface area contributed by atoms with Crippen molar-refractivity contribution in [2.45, 2.75) is 6.42 Å². The average Bonchev–Trinajstić information content (AvgIpc) is 2.86. The van der Waals surface area contributed by atoms with Crippen molar-refractivity contribution in [2.75, 3.05) is 20.2 Å². The van der Waals surface area contributed by atoms with Gasteiger partial charge in [-0.2, -0.15) is 0 Å². The minimum atomic E-state index is -0.654. The zero-order chi connectivity index (χ0) is 14.0. The summed E-state index contributed by atoms with van der Waals surface area (Å²) in [6.45, 7) is 0.675. The van der Waals surface area contributed by atoms with Gasteiger partial charge >= 0.3 is 5.97 Å². The normalized spacial score (nSPS) is 18.5. The van der Waals surface area contributed by atoms with Gasteiger partial charge in [-0.25, -0.2) is 4.39 Å². The van der Waals surface area contributed by atoms with E-state index in [2.05, 4.69) is 4.74 Å². The van der Waals surface area contributed by atoms with Crippen LogP contribution in [0.3, 0.4) is 0 Å². The Bertz CT molecular complexity index is 521. The summed E-state index contributed by atoms with van der Waals surface area (Å²) in [5.41, 5.74) is -0.0325. The molecule has 1 aliphatic heterocycles. The molecular weight excluding hydrogens is 273 g/mol. The lowest BCUT2D eigenvalue weighted by atomic mass is 10.1. The minimum Gasteiger partial charge on any atom is -0.469 e. The maximum absolute atomic E-state index is 13.7. The smallest absolute Gasteiger partial charge is 0.310 e. The fraction of sp³-hybridized carbons (Fsp3) is 0.385. The van der Waals surface area contributed by atoms with E-state index in [0.29, 0.717) is 13.0 Å². The first-order valence-corrected chi connectivity index (χ1v) is 6.23. The van der Waals surface area contributed by atoms with Gasteiger partial charge in [0.2, 0.25) is 0 Å². The Balaban J connectivity index is 2.11. The van der Waals surface area contributed by atoms with Crippen LogP contribution in [0.2, 0.25) is 5.02 Å². The van der Waals surface area contributed by atoms with Crippen molar-refractivity contribution in [3.8, 4) is 0 Å². The van der Waals surface area contributed by atoms with Gasteiger partial charge in [-0.1, -0.05) is 11.6 Å². The van der Waals surface area contributed by atoms with Gasteiger partial charge in [0.25, 0.3) is 5.91 Å². The SMILES string of the molecule is COC(=O)C1CCN(C(=O)c2ccc(Cl)cc2F)C1. The van der Waals surface area contributed by atoms with E-state index in [0.717, 1.165) is 6.07 Å². The molecule has 0 aromatic heterocycles. The van der Waals surface area contributed by atoms with Crippen LogP contribution in [0.15, 0.2) is 18.2 Å². The highest BCUT2D eigenvalue weighted by molar-refractivity contribution is 6.30. The molecule has 0 bridgehead atoms. The van der Waals surface area contributed by atoms with Crippen LogP contribution in [0, 0.1) is 11.7 Å². The summed E-state index contributed by atoms with van der Waals surface area (Å²) in [4.78, 5) is 25.0. The lowest BCUT2D eigenvalue weighted by Crippen LogP contribution is -2.30. The van der Waals surface area contributed by atoms with Gasteiger partial charge in [-0.15, -0.1) is 0 Å². The third-order valence-electron chi connectivity index (χ3n) is 3.17. The Labute approximate surface area is 115 Å². The van der Waals surface area contributed by atoms with Crippen molar-refractivity contribution < 1.29 is 18.7 Å². The van der Waals surface area contributed by atoms with E-state index in [-0.39, 0.29) is 29.0 Å². The summed E-state index contributed by atoms with van der Waals surface area (Å²) in [6, 6.07) is 3.92. The number of hydrogen-bond donors (Lipinski definition) is 0. The van der Waals surface area contributed by atoms with Gasteiger partial charge in [0.05, 0.1) is 18.6 Å². The number of hydrogen-bond acceptors (Lipinski definition) is 3. The molecular formula is C13H13ClFNO3. The van der Waals surface area contributed by atoms with E-state index in [1.165, 1.54) is 24.1 Å². The van der Waals surface area contributed by atoms with Crippen LogP contribution >= 0.6 is 11.6 Å². The van der Waals surface area contributed by atoms with Crippen LogP contribution in [-0.2, 0) is 9.53 Å². The Morgan fingerprint density at radius 2 is 2.21 bits per heavy atom. The third kappa shape index (κ3) is 2.87. The van der Waals surface area contributed by atoms with Gasteiger partial charge in [-0.3, -0.25) is 9.59 Å². The van der Waals surface area contributed by atoms with Crippen LogP contribution in [0.4, 0.5) is 4.39 Å². The molecule has 4 nitrogen and oxygen atoms in total. The molecule has 6 heteroatoms. The first kappa shape index (κ1) is 13.8. The number of methoxy groups -OCH3 is 1. The van der Waals surface area contributed by atoms with Gasteiger partial charge in [-0.05, 0) is 24.6 Å². The van der Waals surface area contributed by atoms with Crippen molar-refractivity contribution in [3.63, 3.8) is 0 Å². The number of benzene rings is 1. The number of carbonyl (C=O) groups is 2. The first-order chi connectivity index (χ1) is 9.02. The molecule has 1 unspecified atom stereocenters. The quantitative estimate of drug-likeness (QED) is 0.782. The summed E-state index contributed by atoms with van der Waals surface area (Å²) in [5, 5.41) is 0.239. The van der Waals surface area contributed by atoms with Crippen molar-refractivity contribution in [2.24, 2.45) is 5.92 Å². The average molecular weight is 286 g/mol. The Morgan fingerprint density at radius 1 is 1.47 bits per heavy atom. The lowest BCUT2D eigenvalue weighted by molar-refractivity contribution is -0.144. The molecule has 1 atom stereocenters. The van der Waals surface area contributed by atoms with Crippen LogP contribution in [-0.4, -0.2) is 37.0 Å². The number of carbonyl (C=O) groups excluding carboxylic acids is 2. The molecule has 102 valence electrons. The van der Waals surface area contributed by atoms with E-state index < -0.39 is 11.7 Å². The van der Waals surface area contributed by atoms with Gasteiger partial charge in [0, 0.05) is 18.1 Å². The number of esters is 1. The molecule has 1 saturated heterocycles. The number of likely N-dealkylation sites (tertiary alicyclic amines) is 1. The van der Waals surface area contributed by atoms with Crippen molar-refractivity contribution in [1.82, 2.24) is 4.90 Å². The number of amides is 1. The number of ether oxygens (including phenoxy) is 1. The maximum atomic E-state index is 13.7. The Hall–Kier alpha value is -1.62. The number of halogens is 2. The summed E-state index contributed by atoms with van der Waals surface area (Å²) in [6.07, 6.45) is 0.535. The standard InChI is InChI=1S/C13H13ClFNO3/c1-19-13(18)8-4-5-16(7-8)12(17)10-3-2-9(14)6-11(10)15/h2-3,6,8H,4-5,7H2,1H3. The zero-order valence-corrected chi connectivity index (χ0v) is 11.1. The highest BCUT2D eigenvalue weighted by Crippen LogP contribution is 2.22. The van der Waals surface area contributed by atoms with Gasteiger partial charge in [0.15, 0.2) is 0 Å². The molecule has 1 aliphatic rings. The lowest BCUT2D eigenvalue weighted by Gasteiger charge is -2.16. The second-order valence-corrected chi connectivity index (χ2v) is 4.82. The molecule has 2 rings (SSSR count). The topological polar surface area (TPSA) is 46.6 Å². The first-order valence-electron chi connectivity index (χ1n) is 5.85. The van der Waals surface area contributed by atoms with Crippen molar-refractivity contribution in [3.05, 3.63) is 34.6 Å². The molecule has 0 N–H and O–H groups in total. The van der Waals surface area contributed by atoms with Gasteiger partial charge in [0.1, 0.15) is 5.82 Å². The molecule has 0 saturated carbocycles. The molecule has 1 aromatic carbocycles. The largest absolute Gasteiger partial charge is 0.469 e. The Morgan fingerprint density at radius 3 is 2.84 bits per heavy atom. The number of nitrogens with zero attached hydrogens (tertiary/aromatic N) is 1. The van der Waals surface area contributed by atoms with E-state index in [9.17, 15) is 14.0 Å². The van der Waals surface area contributed by atoms with E-state index in [1.54, 1.807) is 0 Å². The maximum Gasteiger partial charge on any atom is 0.310 e. The monoisotopic (exact) mass is 285 g/mol. The molecule has 0 radical (unpaired) electrons. The predicted molar refractivity (Wildman–Crippen MR) is 67.4 cm³/mol. The molecule has 0 aliphatic carbocycles. The third-order valence-corrected chi connectivity index (χ3v) is 3.41. The van der Waals surface area contributed by atoms with E-state index in [4.69, 9.17) is 11.6 Å². The van der Waals surface area contributed by atoms with Crippen molar-refractivity contribution >= 4 is 23.5 Å². The van der Waals surface area contributed by atoms with E-state index in [1.807, 2.05) is 0 Å². The predicted octanol–water partition coefficient (Wildman–Crippen LogP) is 2.11. The molecule has 1 aromatic rings. The second-order valence-electron chi connectivity index (χ2n) is 4.38. The Kier molecular flexibility index (Phi) is 4.04. The fourth-order valence-corrected chi connectivity index (χ4v) is 2.30. The molecule has 0 spiro atoms. The zero-order valence-electron chi connectivity index (χ0n) is 10.4.